The first kappa shape index (κ1) is 49.7. The van der Waals surface area contributed by atoms with E-state index in [0.29, 0.717) is 24.5 Å². The molecule has 0 heterocycles. The second-order valence-electron chi connectivity index (χ2n) is 14.6. The van der Waals surface area contributed by atoms with Crippen molar-refractivity contribution in [1.82, 2.24) is 10.6 Å². The summed E-state index contributed by atoms with van der Waals surface area (Å²) in [5.74, 6) is 0.0157. The molecule has 0 saturated carbocycles. The summed E-state index contributed by atoms with van der Waals surface area (Å²) in [4.78, 5) is 48.9. The minimum Gasteiger partial charge on any atom is -0.410 e. The van der Waals surface area contributed by atoms with Gasteiger partial charge in [-0.15, -0.1) is 0 Å². The van der Waals surface area contributed by atoms with E-state index in [1.165, 1.54) is 66.7 Å². The molecule has 20 heteroatoms. The van der Waals surface area contributed by atoms with Gasteiger partial charge >= 0.3 is 44.5 Å². The van der Waals surface area contributed by atoms with Crippen LogP contribution in [0.2, 0.25) is 0 Å². The molecule has 0 fully saturated rings. The third-order valence-electron chi connectivity index (χ3n) is 9.18. The van der Waals surface area contributed by atoms with E-state index in [4.69, 9.17) is 17.8 Å². The van der Waals surface area contributed by atoms with E-state index in [0.717, 1.165) is 69.6 Å². The Balaban J connectivity index is 1.14. The normalized spacial score (nSPS) is 11.1. The van der Waals surface area contributed by atoms with Crippen LogP contribution in [0.4, 0.5) is 41.9 Å². The average molecular weight is 945 g/mol. The molecule has 0 spiro atoms. The second-order valence-corrected chi connectivity index (χ2v) is 17.7. The van der Waals surface area contributed by atoms with Crippen LogP contribution in [0.3, 0.4) is 0 Å². The summed E-state index contributed by atoms with van der Waals surface area (Å²) in [6.45, 7) is 5.15. The van der Waals surface area contributed by atoms with Gasteiger partial charge in [0.2, 0.25) is 0 Å². The van der Waals surface area contributed by atoms with Crippen molar-refractivity contribution in [2.75, 3.05) is 34.4 Å². The molecule has 0 bridgehead atoms. The van der Waals surface area contributed by atoms with Gasteiger partial charge in [0, 0.05) is 60.1 Å². The van der Waals surface area contributed by atoms with Crippen LogP contribution in [0.1, 0.15) is 65.2 Å². The van der Waals surface area contributed by atoms with Crippen molar-refractivity contribution in [3.05, 3.63) is 121 Å². The predicted molar refractivity (Wildman–Crippen MR) is 249 cm³/mol. The van der Waals surface area contributed by atoms with Gasteiger partial charge in [0.15, 0.2) is 0 Å². The first-order chi connectivity index (χ1) is 31.7. The van der Waals surface area contributed by atoms with Crippen molar-refractivity contribution in [2.45, 2.75) is 75.0 Å². The van der Waals surface area contributed by atoms with Crippen molar-refractivity contribution in [3.8, 4) is 23.0 Å². The quantitative estimate of drug-likeness (QED) is 0.0280. The molecule has 0 aliphatic heterocycles. The Labute approximate surface area is 384 Å². The van der Waals surface area contributed by atoms with E-state index < -0.39 is 54.3 Å². The number of anilines is 4. The molecule has 6 amide bonds. The van der Waals surface area contributed by atoms with E-state index in [-0.39, 0.29) is 34.4 Å². The van der Waals surface area contributed by atoms with E-state index in [1.54, 1.807) is 36.4 Å². The monoisotopic (exact) mass is 944 g/mol. The van der Waals surface area contributed by atoms with E-state index >= 15 is 0 Å². The molecule has 0 unspecified atom stereocenters. The topological polar surface area (TPSA) is 246 Å². The second kappa shape index (κ2) is 24.7. The van der Waals surface area contributed by atoms with Gasteiger partial charge in [-0.3, -0.25) is 0 Å². The number of ether oxygens (including phenoxy) is 2. The Morgan fingerprint density at radius 3 is 1.12 bits per heavy atom. The number of nitrogens with one attached hydrogen (secondary N) is 6. The minimum atomic E-state index is -4.63. The van der Waals surface area contributed by atoms with E-state index in [1.807, 2.05) is 0 Å². The van der Waals surface area contributed by atoms with Crippen molar-refractivity contribution in [2.24, 2.45) is 0 Å². The van der Waals surface area contributed by atoms with Crippen molar-refractivity contribution < 1.29 is 53.9 Å². The Morgan fingerprint density at radius 1 is 0.424 bits per heavy atom. The molecule has 5 rings (SSSR count). The van der Waals surface area contributed by atoms with Crippen molar-refractivity contribution in [1.29, 1.82) is 0 Å². The van der Waals surface area contributed by atoms with E-state index in [9.17, 15) is 36.0 Å². The summed E-state index contributed by atoms with van der Waals surface area (Å²) in [6, 6.07) is 26.3. The highest BCUT2D eigenvalue weighted by molar-refractivity contribution is 7.88. The zero-order valence-electron chi connectivity index (χ0n) is 36.3. The number of carbonyl (C=O) groups excluding carboxylic acids is 4. The lowest BCUT2D eigenvalue weighted by Crippen LogP contribution is -2.27. The van der Waals surface area contributed by atoms with Gasteiger partial charge in [0.1, 0.15) is 32.8 Å². The zero-order valence-corrected chi connectivity index (χ0v) is 38.0. The third-order valence-corrected chi connectivity index (χ3v) is 11.7. The summed E-state index contributed by atoms with van der Waals surface area (Å²) in [5, 5.41) is 15.7. The highest BCUT2D eigenvalue weighted by Gasteiger charge is 2.23. The Hall–Kier alpha value is -7.32. The van der Waals surface area contributed by atoms with Crippen LogP contribution in [-0.2, 0) is 20.2 Å². The molecule has 66 heavy (non-hydrogen) atoms. The molecule has 0 saturated heterocycles. The minimum absolute atomic E-state index is 0.155. The fraction of sp³-hybridized carbons (Fsp3) is 0.261. The maximum absolute atomic E-state index is 13.4. The number of rotatable bonds is 22. The lowest BCUT2D eigenvalue weighted by atomic mass is 10.2. The number of urea groups is 2. The van der Waals surface area contributed by atoms with Crippen LogP contribution in [0.15, 0.2) is 131 Å². The van der Waals surface area contributed by atoms with Crippen molar-refractivity contribution in [3.63, 3.8) is 0 Å². The van der Waals surface area contributed by atoms with Gasteiger partial charge in [-0.05, 0) is 79.6 Å². The smallest absolute Gasteiger partial charge is 0.410 e. The van der Waals surface area contributed by atoms with Crippen LogP contribution in [0.5, 0.6) is 23.0 Å². The molecule has 0 aliphatic carbocycles. The van der Waals surface area contributed by atoms with Crippen LogP contribution in [0.25, 0.3) is 0 Å². The highest BCUT2D eigenvalue weighted by Crippen LogP contribution is 2.27. The van der Waals surface area contributed by atoms with Crippen molar-refractivity contribution >= 4 is 67.2 Å². The number of amides is 6. The average Bonchev–Trinajstić information content (AvgIpc) is 3.26. The molecule has 5 aromatic carbocycles. The maximum atomic E-state index is 13.4. The maximum Gasteiger partial charge on any atom is 0.412 e. The molecule has 0 aromatic heterocycles. The largest absolute Gasteiger partial charge is 0.412 e. The van der Waals surface area contributed by atoms with Gasteiger partial charge in [-0.2, -0.15) is 16.8 Å². The lowest BCUT2D eigenvalue weighted by molar-refractivity contribution is 0.199. The summed E-state index contributed by atoms with van der Waals surface area (Å²) in [5.41, 5.74) is 0.927. The van der Waals surface area contributed by atoms with Crippen LogP contribution >= 0.6 is 0 Å². The van der Waals surface area contributed by atoms with Crippen LogP contribution in [0, 0.1) is 0 Å². The van der Waals surface area contributed by atoms with Gasteiger partial charge in [0.25, 0.3) is 0 Å². The molecule has 0 aliphatic rings. The highest BCUT2D eigenvalue weighted by atomic mass is 32.2. The van der Waals surface area contributed by atoms with Gasteiger partial charge in [0.05, 0.1) is 0 Å². The standard InChI is InChI=1S/C46H52N6O12S2/c1-3-5-7-9-26-47-45(55)61-37-20-11-16-33(28-37)49-43(53)51-35-18-13-22-39(30-35)63-65(57,58)41-24-15-25-42(32-41)66(59,60)64-40-23-14-19-36(31-40)52-44(54)50-34-17-12-21-38(29-34)62-46(56)48-27-10-8-6-4-2/h11-25,28-32H,3-10,26-27H2,1-2H3,(H,47,55)(H,48,56)(H2,49,51,53)(H2,50,52,54). The van der Waals surface area contributed by atoms with Crippen LogP contribution < -0.4 is 49.7 Å². The molecular weight excluding hydrogens is 893 g/mol. The number of unbranched alkanes of at least 4 members (excludes halogenated alkanes) is 6. The van der Waals surface area contributed by atoms with Gasteiger partial charge in [-0.25, -0.2) is 19.2 Å². The molecule has 18 nitrogen and oxygen atoms in total. The Bertz CT molecular complexity index is 2500. The van der Waals surface area contributed by atoms with E-state index in [2.05, 4.69) is 45.7 Å². The number of carbonyl (C=O) groups is 4. The fourth-order valence-corrected chi connectivity index (χ4v) is 8.03. The lowest BCUT2D eigenvalue weighted by Gasteiger charge is -2.12. The number of benzene rings is 5. The molecule has 0 radical (unpaired) electrons. The molecule has 0 atom stereocenters. The summed E-state index contributed by atoms with van der Waals surface area (Å²) in [6.07, 6.45) is 6.72. The zero-order chi connectivity index (χ0) is 47.4. The molecule has 5 aromatic rings. The summed E-state index contributed by atoms with van der Waals surface area (Å²) >= 11 is 0. The first-order valence-corrected chi connectivity index (χ1v) is 24.0. The number of hydrogen-bond acceptors (Lipinski definition) is 12. The Morgan fingerprint density at radius 2 is 0.758 bits per heavy atom. The molecule has 6 N–H and O–H groups in total. The third kappa shape index (κ3) is 16.7. The Kier molecular flexibility index (Phi) is 18.6. The summed E-state index contributed by atoms with van der Waals surface area (Å²) < 4.78 is 74.7. The van der Waals surface area contributed by atoms with Crippen LogP contribution in [-0.4, -0.2) is 54.2 Å². The van der Waals surface area contributed by atoms with Gasteiger partial charge < -0.3 is 49.7 Å². The molecular formula is C46H52N6O12S2. The molecule has 350 valence electrons. The predicted octanol–water partition coefficient (Wildman–Crippen LogP) is 9.85. The van der Waals surface area contributed by atoms with Gasteiger partial charge in [-0.1, -0.05) is 82.7 Å². The summed E-state index contributed by atoms with van der Waals surface area (Å²) in [7, 11) is -9.25. The number of hydrogen-bond donors (Lipinski definition) is 6. The SMILES string of the molecule is CCCCCCNC(=O)Oc1cccc(NC(=O)Nc2cccc(OS(=O)(=O)c3cccc(S(=O)(=O)Oc4cccc(NC(=O)Nc5cccc(OC(=O)NCCCCCC)c5)c4)c3)c2)c1. The first-order valence-electron chi connectivity index (χ1n) is 21.2. The fourth-order valence-electron chi connectivity index (χ4n) is 6.02.